The van der Waals surface area contributed by atoms with Crippen molar-refractivity contribution in [1.29, 1.82) is 0 Å². The highest BCUT2D eigenvalue weighted by Crippen LogP contribution is 2.25. The molecule has 0 spiro atoms. The highest BCUT2D eigenvalue weighted by molar-refractivity contribution is 5.94. The summed E-state index contributed by atoms with van der Waals surface area (Å²) in [4.78, 5) is 10.9. The van der Waals surface area contributed by atoms with Gasteiger partial charge in [-0.3, -0.25) is 0 Å². The molecule has 1 aromatic rings. The molecule has 1 aliphatic rings. The van der Waals surface area contributed by atoms with E-state index in [4.69, 9.17) is 20.3 Å². The van der Waals surface area contributed by atoms with E-state index in [1.165, 1.54) is 0 Å². The molecule has 1 aliphatic heterocycles. The Labute approximate surface area is 110 Å². The first kappa shape index (κ1) is 13.6. The number of carbonyl (C=O) groups is 1. The molecular formula is C13H16FNO4. The maximum atomic E-state index is 13.6. The number of benzene rings is 1. The second-order valence-electron chi connectivity index (χ2n) is 4.54. The number of carboxylic acids is 1. The van der Waals surface area contributed by atoms with Crippen molar-refractivity contribution in [1.82, 2.24) is 0 Å². The fourth-order valence-corrected chi connectivity index (χ4v) is 1.99. The summed E-state index contributed by atoms with van der Waals surface area (Å²) >= 11 is 0. The lowest BCUT2D eigenvalue weighted by atomic mass is 10.0. The molecule has 0 bridgehead atoms. The molecule has 1 fully saturated rings. The van der Waals surface area contributed by atoms with Crippen molar-refractivity contribution in [3.8, 4) is 5.75 Å². The molecule has 0 aromatic heterocycles. The Hall–Kier alpha value is -1.82. The van der Waals surface area contributed by atoms with Gasteiger partial charge in [0.1, 0.15) is 0 Å². The van der Waals surface area contributed by atoms with Crippen molar-refractivity contribution < 1.29 is 23.8 Å². The van der Waals surface area contributed by atoms with Gasteiger partial charge in [-0.05, 0) is 24.8 Å². The van der Waals surface area contributed by atoms with Crippen LogP contribution in [-0.2, 0) is 4.74 Å². The summed E-state index contributed by atoms with van der Waals surface area (Å²) < 4.78 is 24.2. The number of halogens is 1. The van der Waals surface area contributed by atoms with Crippen LogP contribution in [-0.4, -0.2) is 30.9 Å². The molecule has 0 saturated carbocycles. The maximum Gasteiger partial charge on any atom is 0.337 e. The molecule has 1 saturated heterocycles. The molecule has 5 nitrogen and oxygen atoms in total. The lowest BCUT2D eigenvalue weighted by Crippen LogP contribution is -2.21. The van der Waals surface area contributed by atoms with Gasteiger partial charge in [-0.2, -0.15) is 0 Å². The van der Waals surface area contributed by atoms with Crippen molar-refractivity contribution in [2.45, 2.75) is 12.8 Å². The fraction of sp³-hybridized carbons (Fsp3) is 0.462. The van der Waals surface area contributed by atoms with Crippen LogP contribution in [0, 0.1) is 11.7 Å². The van der Waals surface area contributed by atoms with E-state index in [1.807, 2.05) is 0 Å². The second-order valence-corrected chi connectivity index (χ2v) is 4.54. The molecule has 1 aromatic carbocycles. The minimum Gasteiger partial charge on any atom is -0.490 e. The fourth-order valence-electron chi connectivity index (χ4n) is 1.99. The average molecular weight is 269 g/mol. The molecule has 0 amide bonds. The first-order chi connectivity index (χ1) is 9.08. The molecule has 0 aliphatic carbocycles. The predicted molar refractivity (Wildman–Crippen MR) is 66.8 cm³/mol. The Bertz CT molecular complexity index is 472. The summed E-state index contributed by atoms with van der Waals surface area (Å²) in [5.41, 5.74) is 5.18. The van der Waals surface area contributed by atoms with Gasteiger partial charge in [0.2, 0.25) is 0 Å². The van der Waals surface area contributed by atoms with E-state index < -0.39 is 11.8 Å². The number of hydrogen-bond donors (Lipinski definition) is 2. The van der Waals surface area contributed by atoms with Gasteiger partial charge in [0.25, 0.3) is 0 Å². The molecule has 2 rings (SSSR count). The van der Waals surface area contributed by atoms with Gasteiger partial charge in [0.05, 0.1) is 12.2 Å². The van der Waals surface area contributed by atoms with E-state index in [2.05, 4.69) is 0 Å². The van der Waals surface area contributed by atoms with Crippen molar-refractivity contribution in [2.24, 2.45) is 5.92 Å². The number of hydrogen-bond acceptors (Lipinski definition) is 4. The number of nitrogen functional groups attached to an aromatic ring is 1. The van der Waals surface area contributed by atoms with Crippen LogP contribution in [0.25, 0.3) is 0 Å². The first-order valence-corrected chi connectivity index (χ1v) is 6.10. The smallest absolute Gasteiger partial charge is 0.337 e. The van der Waals surface area contributed by atoms with Gasteiger partial charge in [0, 0.05) is 25.0 Å². The first-order valence-electron chi connectivity index (χ1n) is 6.10. The van der Waals surface area contributed by atoms with Crippen molar-refractivity contribution >= 4 is 11.7 Å². The zero-order valence-corrected chi connectivity index (χ0v) is 10.4. The van der Waals surface area contributed by atoms with Crippen LogP contribution in [0.4, 0.5) is 10.1 Å². The molecule has 3 N–H and O–H groups in total. The van der Waals surface area contributed by atoms with Gasteiger partial charge in [0.15, 0.2) is 11.6 Å². The predicted octanol–water partition coefficient (Wildman–Crippen LogP) is 1.91. The van der Waals surface area contributed by atoms with E-state index >= 15 is 0 Å². The molecule has 0 radical (unpaired) electrons. The van der Waals surface area contributed by atoms with Crippen LogP contribution in [0.3, 0.4) is 0 Å². The third-order valence-electron chi connectivity index (χ3n) is 3.15. The molecule has 0 unspecified atom stereocenters. The molecule has 19 heavy (non-hydrogen) atoms. The van der Waals surface area contributed by atoms with E-state index in [1.54, 1.807) is 0 Å². The van der Waals surface area contributed by atoms with Gasteiger partial charge < -0.3 is 20.3 Å². The van der Waals surface area contributed by atoms with Gasteiger partial charge in [-0.1, -0.05) is 0 Å². The summed E-state index contributed by atoms with van der Waals surface area (Å²) in [6, 6.07) is 2.11. The number of nitrogens with two attached hydrogens (primary N) is 1. The van der Waals surface area contributed by atoms with Crippen LogP contribution < -0.4 is 10.5 Å². The summed E-state index contributed by atoms with van der Waals surface area (Å²) in [6.07, 6.45) is 1.73. The number of aromatic carboxylic acids is 1. The summed E-state index contributed by atoms with van der Waals surface area (Å²) in [6.45, 7) is 1.71. The highest BCUT2D eigenvalue weighted by Gasteiger charge is 2.18. The standard InChI is InChI=1S/C13H16FNO4/c14-10-6-11(15)9(13(16)17)5-12(10)19-7-8-1-3-18-4-2-8/h5-6,8H,1-4,7,15H2,(H,16,17). The van der Waals surface area contributed by atoms with Gasteiger partial charge in [-0.15, -0.1) is 0 Å². The van der Waals surface area contributed by atoms with E-state index in [9.17, 15) is 9.18 Å². The Balaban J connectivity index is 2.06. The van der Waals surface area contributed by atoms with Crippen molar-refractivity contribution in [3.05, 3.63) is 23.5 Å². The van der Waals surface area contributed by atoms with Crippen LogP contribution in [0.2, 0.25) is 0 Å². The second kappa shape index (κ2) is 5.88. The number of rotatable bonds is 4. The minimum atomic E-state index is -1.20. The summed E-state index contributed by atoms with van der Waals surface area (Å²) in [5, 5.41) is 8.92. The van der Waals surface area contributed by atoms with Crippen LogP contribution >= 0.6 is 0 Å². The van der Waals surface area contributed by atoms with Crippen molar-refractivity contribution in [3.63, 3.8) is 0 Å². The molecular weight excluding hydrogens is 253 g/mol. The summed E-state index contributed by atoms with van der Waals surface area (Å²) in [7, 11) is 0. The third kappa shape index (κ3) is 3.35. The molecule has 1 heterocycles. The maximum absolute atomic E-state index is 13.6. The number of carboxylic acid groups (broad SMARTS) is 1. The monoisotopic (exact) mass is 269 g/mol. The normalized spacial score (nSPS) is 16.3. The summed E-state index contributed by atoms with van der Waals surface area (Å²) in [5.74, 6) is -1.61. The number of ether oxygens (including phenoxy) is 2. The van der Waals surface area contributed by atoms with Gasteiger partial charge in [-0.25, -0.2) is 9.18 Å². The Kier molecular flexibility index (Phi) is 4.21. The van der Waals surface area contributed by atoms with Crippen LogP contribution in [0.5, 0.6) is 5.75 Å². The van der Waals surface area contributed by atoms with Crippen LogP contribution in [0.1, 0.15) is 23.2 Å². The molecule has 0 atom stereocenters. The Morgan fingerprint density at radius 1 is 1.47 bits per heavy atom. The van der Waals surface area contributed by atoms with E-state index in [0.29, 0.717) is 25.7 Å². The Morgan fingerprint density at radius 2 is 2.16 bits per heavy atom. The largest absolute Gasteiger partial charge is 0.490 e. The lowest BCUT2D eigenvalue weighted by Gasteiger charge is -2.22. The highest BCUT2D eigenvalue weighted by atomic mass is 19.1. The topological polar surface area (TPSA) is 81.8 Å². The average Bonchev–Trinajstić information content (AvgIpc) is 2.38. The third-order valence-corrected chi connectivity index (χ3v) is 3.15. The Morgan fingerprint density at radius 3 is 2.79 bits per heavy atom. The SMILES string of the molecule is Nc1cc(F)c(OCC2CCOCC2)cc1C(=O)O. The zero-order valence-electron chi connectivity index (χ0n) is 10.4. The van der Waals surface area contributed by atoms with Crippen LogP contribution in [0.15, 0.2) is 12.1 Å². The lowest BCUT2D eigenvalue weighted by molar-refractivity contribution is 0.0491. The zero-order chi connectivity index (χ0) is 13.8. The quantitative estimate of drug-likeness (QED) is 0.816. The van der Waals surface area contributed by atoms with E-state index in [-0.39, 0.29) is 17.0 Å². The van der Waals surface area contributed by atoms with Gasteiger partial charge >= 0.3 is 5.97 Å². The molecule has 6 heteroatoms. The number of anilines is 1. The minimum absolute atomic E-state index is 0.0712. The molecule has 104 valence electrons. The van der Waals surface area contributed by atoms with Crippen molar-refractivity contribution in [2.75, 3.05) is 25.6 Å². The van der Waals surface area contributed by atoms with E-state index in [0.717, 1.165) is 25.0 Å².